The highest BCUT2D eigenvalue weighted by atomic mass is 35.5. The molecule has 1 aliphatic heterocycles. The standard InChI is InChI=1S/C25H26ClN3O3S2/c1-34(30,31)20-6-4-5-18(15-20)24-9-10-25(33-24)23(28-22-8-3-2-7-21(22)26)16-19(27)17-29-11-13-32-14-12-29/h2-10,15,27H,11-14,16-17H2,1H3. The molecular formula is C25H26ClN3O3S2. The number of halogens is 1. The Balaban J connectivity index is 1.64. The summed E-state index contributed by atoms with van der Waals surface area (Å²) in [5.74, 6) is 0. The predicted molar refractivity (Wildman–Crippen MR) is 140 cm³/mol. The van der Waals surface area contributed by atoms with E-state index in [1.807, 2.05) is 36.4 Å². The van der Waals surface area contributed by atoms with Crippen LogP contribution in [-0.2, 0) is 14.6 Å². The lowest BCUT2D eigenvalue weighted by Crippen LogP contribution is -2.39. The molecule has 1 N–H and O–H groups in total. The van der Waals surface area contributed by atoms with E-state index >= 15 is 0 Å². The SMILES string of the molecule is CS(=O)(=O)c1cccc(-c2ccc(C(CC(=N)CN3CCOCC3)=Nc3ccccc3Cl)s2)c1. The number of hydrogen-bond donors (Lipinski definition) is 1. The average molecular weight is 516 g/mol. The minimum Gasteiger partial charge on any atom is -0.379 e. The average Bonchev–Trinajstić information content (AvgIpc) is 3.31. The van der Waals surface area contributed by atoms with Gasteiger partial charge < -0.3 is 10.1 Å². The number of nitrogens with zero attached hydrogens (tertiary/aromatic N) is 2. The largest absolute Gasteiger partial charge is 0.379 e. The van der Waals surface area contributed by atoms with Gasteiger partial charge in [-0.15, -0.1) is 11.3 Å². The number of hydrogen-bond acceptors (Lipinski definition) is 7. The third-order valence-corrected chi connectivity index (χ3v) is 8.06. The highest BCUT2D eigenvalue weighted by molar-refractivity contribution is 7.90. The summed E-state index contributed by atoms with van der Waals surface area (Å²) in [5, 5.41) is 9.19. The minimum atomic E-state index is -3.29. The van der Waals surface area contributed by atoms with Gasteiger partial charge >= 0.3 is 0 Å². The van der Waals surface area contributed by atoms with Gasteiger partial charge in [-0.25, -0.2) is 8.42 Å². The topological polar surface area (TPSA) is 82.8 Å². The van der Waals surface area contributed by atoms with Crippen molar-refractivity contribution in [2.45, 2.75) is 11.3 Å². The van der Waals surface area contributed by atoms with Crippen LogP contribution in [0.15, 0.2) is 70.6 Å². The number of aliphatic imine (C=N–C) groups is 1. The first-order chi connectivity index (χ1) is 16.3. The lowest BCUT2D eigenvalue weighted by atomic mass is 10.1. The maximum Gasteiger partial charge on any atom is 0.175 e. The Morgan fingerprint density at radius 3 is 2.62 bits per heavy atom. The Morgan fingerprint density at radius 1 is 1.12 bits per heavy atom. The van der Waals surface area contributed by atoms with Crippen LogP contribution in [0.25, 0.3) is 10.4 Å². The maximum atomic E-state index is 12.0. The quantitative estimate of drug-likeness (QED) is 0.411. The van der Waals surface area contributed by atoms with E-state index in [1.54, 1.807) is 24.3 Å². The molecule has 0 saturated carbocycles. The van der Waals surface area contributed by atoms with Crippen molar-refractivity contribution >= 4 is 49.9 Å². The summed E-state index contributed by atoms with van der Waals surface area (Å²) >= 11 is 7.90. The van der Waals surface area contributed by atoms with Crippen molar-refractivity contribution in [1.29, 1.82) is 5.41 Å². The number of rotatable bonds is 8. The molecule has 0 spiro atoms. The minimum absolute atomic E-state index is 0.289. The number of benzene rings is 2. The van der Waals surface area contributed by atoms with E-state index < -0.39 is 9.84 Å². The van der Waals surface area contributed by atoms with Crippen molar-refractivity contribution in [2.24, 2.45) is 4.99 Å². The van der Waals surface area contributed by atoms with Gasteiger partial charge in [0.2, 0.25) is 0 Å². The Morgan fingerprint density at radius 2 is 1.88 bits per heavy atom. The fourth-order valence-corrected chi connectivity index (χ4v) is 5.52. The molecule has 1 aliphatic rings. The summed E-state index contributed by atoms with van der Waals surface area (Å²) in [4.78, 5) is 9.21. The van der Waals surface area contributed by atoms with Gasteiger partial charge in [-0.3, -0.25) is 9.89 Å². The lowest BCUT2D eigenvalue weighted by Gasteiger charge is -2.26. The number of sulfone groups is 1. The third kappa shape index (κ3) is 6.40. The molecular weight excluding hydrogens is 490 g/mol. The number of ether oxygens (including phenoxy) is 1. The fourth-order valence-electron chi connectivity index (χ4n) is 3.68. The zero-order valence-corrected chi connectivity index (χ0v) is 21.2. The predicted octanol–water partition coefficient (Wildman–Crippen LogP) is 5.33. The highest BCUT2D eigenvalue weighted by Crippen LogP contribution is 2.32. The Labute approximate surface area is 209 Å². The molecule has 178 valence electrons. The molecule has 2 aromatic carbocycles. The van der Waals surface area contributed by atoms with Gasteiger partial charge in [0, 0.05) is 47.8 Å². The van der Waals surface area contributed by atoms with Gasteiger partial charge in [0.25, 0.3) is 0 Å². The van der Waals surface area contributed by atoms with E-state index in [2.05, 4.69) is 4.90 Å². The van der Waals surface area contributed by atoms with Gasteiger partial charge in [-0.2, -0.15) is 0 Å². The summed E-state index contributed by atoms with van der Waals surface area (Å²) in [6.07, 6.45) is 1.60. The summed E-state index contributed by atoms with van der Waals surface area (Å²) in [5.41, 5.74) is 2.83. The Hall–Kier alpha value is -2.36. The lowest BCUT2D eigenvalue weighted by molar-refractivity contribution is 0.0451. The zero-order valence-electron chi connectivity index (χ0n) is 18.8. The first kappa shape index (κ1) is 24.8. The summed E-state index contributed by atoms with van der Waals surface area (Å²) in [7, 11) is -3.29. The van der Waals surface area contributed by atoms with Crippen LogP contribution in [0.3, 0.4) is 0 Å². The van der Waals surface area contributed by atoms with E-state index in [-0.39, 0.29) is 4.90 Å². The number of nitrogens with one attached hydrogen (secondary N) is 1. The van der Waals surface area contributed by atoms with Crippen LogP contribution >= 0.6 is 22.9 Å². The second-order valence-corrected chi connectivity index (χ2v) is 11.6. The molecule has 0 aliphatic carbocycles. The number of morpholine rings is 1. The van der Waals surface area contributed by atoms with Crippen molar-refractivity contribution in [2.75, 3.05) is 39.1 Å². The van der Waals surface area contributed by atoms with Gasteiger partial charge in [0.15, 0.2) is 9.84 Å². The van der Waals surface area contributed by atoms with Crippen LogP contribution < -0.4 is 0 Å². The molecule has 2 heterocycles. The zero-order chi connectivity index (χ0) is 24.1. The molecule has 6 nitrogen and oxygen atoms in total. The fraction of sp³-hybridized carbons (Fsp3) is 0.280. The molecule has 4 rings (SSSR count). The van der Waals surface area contributed by atoms with Crippen molar-refractivity contribution in [1.82, 2.24) is 4.90 Å². The number of para-hydroxylation sites is 1. The second-order valence-electron chi connectivity index (χ2n) is 8.14. The van der Waals surface area contributed by atoms with E-state index in [9.17, 15) is 8.42 Å². The van der Waals surface area contributed by atoms with E-state index in [0.29, 0.717) is 42.6 Å². The van der Waals surface area contributed by atoms with Crippen molar-refractivity contribution in [3.8, 4) is 10.4 Å². The Bertz CT molecular complexity index is 1310. The van der Waals surface area contributed by atoms with Crippen LogP contribution in [0.1, 0.15) is 11.3 Å². The van der Waals surface area contributed by atoms with Gasteiger partial charge in [-0.1, -0.05) is 35.9 Å². The molecule has 1 fully saturated rings. The van der Waals surface area contributed by atoms with Gasteiger partial charge in [0.1, 0.15) is 0 Å². The first-order valence-corrected chi connectivity index (χ1v) is 14.0. The van der Waals surface area contributed by atoms with Crippen LogP contribution in [0.4, 0.5) is 5.69 Å². The molecule has 9 heteroatoms. The van der Waals surface area contributed by atoms with Gasteiger partial charge in [0.05, 0.1) is 34.5 Å². The molecule has 1 saturated heterocycles. The van der Waals surface area contributed by atoms with E-state index in [4.69, 9.17) is 26.7 Å². The molecule has 0 atom stereocenters. The normalized spacial score (nSPS) is 15.4. The van der Waals surface area contributed by atoms with Crippen LogP contribution in [0.5, 0.6) is 0 Å². The molecule has 0 radical (unpaired) electrons. The molecule has 3 aromatic rings. The van der Waals surface area contributed by atoms with Crippen LogP contribution in [0, 0.1) is 5.41 Å². The molecule has 0 unspecified atom stereocenters. The highest BCUT2D eigenvalue weighted by Gasteiger charge is 2.17. The third-order valence-electron chi connectivity index (χ3n) is 5.44. The summed E-state index contributed by atoms with van der Waals surface area (Å²) in [6.45, 7) is 3.58. The summed E-state index contributed by atoms with van der Waals surface area (Å²) < 4.78 is 29.4. The van der Waals surface area contributed by atoms with Gasteiger partial charge in [-0.05, 0) is 42.0 Å². The molecule has 0 bridgehead atoms. The van der Waals surface area contributed by atoms with Crippen molar-refractivity contribution < 1.29 is 13.2 Å². The van der Waals surface area contributed by atoms with Crippen molar-refractivity contribution in [3.63, 3.8) is 0 Å². The monoisotopic (exact) mass is 515 g/mol. The smallest absolute Gasteiger partial charge is 0.175 e. The molecule has 34 heavy (non-hydrogen) atoms. The van der Waals surface area contributed by atoms with Crippen LogP contribution in [0.2, 0.25) is 5.02 Å². The number of thiophene rings is 1. The molecule has 0 amide bonds. The summed E-state index contributed by atoms with van der Waals surface area (Å²) in [6, 6.07) is 18.3. The first-order valence-electron chi connectivity index (χ1n) is 10.9. The van der Waals surface area contributed by atoms with Crippen molar-refractivity contribution in [3.05, 3.63) is 70.6 Å². The Kier molecular flexibility index (Phi) is 7.95. The van der Waals surface area contributed by atoms with Crippen LogP contribution in [-0.4, -0.2) is 63.8 Å². The second kappa shape index (κ2) is 10.9. The maximum absolute atomic E-state index is 12.0. The van der Waals surface area contributed by atoms with E-state index in [0.717, 1.165) is 34.1 Å². The van der Waals surface area contributed by atoms with E-state index in [1.165, 1.54) is 17.6 Å². The molecule has 1 aromatic heterocycles.